The molecule has 1 aliphatic heterocycles. The maximum absolute atomic E-state index is 13.3. The summed E-state index contributed by atoms with van der Waals surface area (Å²) < 4.78 is 18.4. The molecule has 1 aromatic rings. The van der Waals surface area contributed by atoms with Gasteiger partial charge < -0.3 is 15.2 Å². The highest BCUT2D eigenvalue weighted by atomic mass is 19.1. The Morgan fingerprint density at radius 2 is 2.38 bits per heavy atom. The van der Waals surface area contributed by atoms with Crippen molar-refractivity contribution in [3.8, 4) is 5.75 Å². The van der Waals surface area contributed by atoms with Gasteiger partial charge in [0.05, 0.1) is 18.2 Å². The fourth-order valence-corrected chi connectivity index (χ4v) is 1.58. The average molecular weight is 225 g/mol. The molecule has 0 saturated carbocycles. The Hall–Kier alpha value is -1.62. The van der Waals surface area contributed by atoms with E-state index in [1.165, 1.54) is 12.1 Å². The van der Waals surface area contributed by atoms with E-state index >= 15 is 0 Å². The molecule has 2 N–H and O–H groups in total. The minimum Gasteiger partial charge on any atom is -0.508 e. The number of carbonyl (C=O) groups is 1. The first-order chi connectivity index (χ1) is 7.66. The van der Waals surface area contributed by atoms with Gasteiger partial charge in [0, 0.05) is 12.7 Å². The average Bonchev–Trinajstić information content (AvgIpc) is 2.75. The first kappa shape index (κ1) is 10.9. The van der Waals surface area contributed by atoms with E-state index in [1.807, 2.05) is 0 Å². The molecule has 1 fully saturated rings. The predicted octanol–water partition coefficient (Wildman–Crippen LogP) is 1.51. The lowest BCUT2D eigenvalue weighted by Gasteiger charge is -2.10. The number of amides is 1. The Labute approximate surface area is 92.0 Å². The molecule has 0 unspecified atom stereocenters. The van der Waals surface area contributed by atoms with Gasteiger partial charge in [-0.25, -0.2) is 4.39 Å². The van der Waals surface area contributed by atoms with Crippen molar-refractivity contribution in [1.29, 1.82) is 0 Å². The Morgan fingerprint density at radius 3 is 3.00 bits per heavy atom. The molecular formula is C11H12FNO3. The highest BCUT2D eigenvalue weighted by Crippen LogP contribution is 2.21. The van der Waals surface area contributed by atoms with Crippen molar-refractivity contribution in [2.45, 2.75) is 6.42 Å². The molecule has 16 heavy (non-hydrogen) atoms. The standard InChI is InChI=1S/C11H12FNO3/c12-9-5-8(14)1-2-10(9)13-11(15)7-3-4-16-6-7/h1-2,5,7,14H,3-4,6H2,(H,13,15)/t7-/m0/s1. The van der Waals surface area contributed by atoms with E-state index < -0.39 is 5.82 Å². The number of halogens is 1. The van der Waals surface area contributed by atoms with E-state index in [4.69, 9.17) is 9.84 Å². The minimum atomic E-state index is -0.646. The van der Waals surface area contributed by atoms with Crippen molar-refractivity contribution >= 4 is 11.6 Å². The molecule has 4 nitrogen and oxygen atoms in total. The van der Waals surface area contributed by atoms with E-state index in [9.17, 15) is 9.18 Å². The van der Waals surface area contributed by atoms with E-state index in [-0.39, 0.29) is 23.3 Å². The molecular weight excluding hydrogens is 213 g/mol. The SMILES string of the molecule is O=C(Nc1ccc(O)cc1F)[C@H]1CCOC1. The third-order valence-electron chi connectivity index (χ3n) is 2.51. The van der Waals surface area contributed by atoms with Crippen LogP contribution in [0.5, 0.6) is 5.75 Å². The van der Waals surface area contributed by atoms with Crippen LogP contribution in [0.3, 0.4) is 0 Å². The van der Waals surface area contributed by atoms with Gasteiger partial charge in [0.15, 0.2) is 0 Å². The van der Waals surface area contributed by atoms with Gasteiger partial charge in [-0.15, -0.1) is 0 Å². The number of rotatable bonds is 2. The summed E-state index contributed by atoms with van der Waals surface area (Å²) in [4.78, 5) is 11.6. The molecule has 0 aromatic heterocycles. The summed E-state index contributed by atoms with van der Waals surface area (Å²) in [5.41, 5.74) is 0.0784. The molecule has 2 rings (SSSR count). The zero-order valence-electron chi connectivity index (χ0n) is 8.57. The predicted molar refractivity (Wildman–Crippen MR) is 55.6 cm³/mol. The number of benzene rings is 1. The second kappa shape index (κ2) is 4.49. The number of nitrogens with one attached hydrogen (secondary N) is 1. The van der Waals surface area contributed by atoms with Gasteiger partial charge in [0.2, 0.25) is 5.91 Å². The molecule has 1 aromatic carbocycles. The summed E-state index contributed by atoms with van der Waals surface area (Å²) in [5.74, 6) is -1.28. The zero-order chi connectivity index (χ0) is 11.5. The van der Waals surface area contributed by atoms with Crippen molar-refractivity contribution in [3.05, 3.63) is 24.0 Å². The molecule has 5 heteroatoms. The smallest absolute Gasteiger partial charge is 0.229 e. The molecule has 0 radical (unpaired) electrons. The minimum absolute atomic E-state index is 0.0784. The van der Waals surface area contributed by atoms with Gasteiger partial charge in [-0.1, -0.05) is 0 Å². The van der Waals surface area contributed by atoms with Crippen LogP contribution >= 0.6 is 0 Å². The molecule has 0 aliphatic carbocycles. The number of hydrogen-bond donors (Lipinski definition) is 2. The quantitative estimate of drug-likeness (QED) is 0.750. The third-order valence-corrected chi connectivity index (χ3v) is 2.51. The van der Waals surface area contributed by atoms with Crippen molar-refractivity contribution in [3.63, 3.8) is 0 Å². The number of hydrogen-bond acceptors (Lipinski definition) is 3. The van der Waals surface area contributed by atoms with Crippen LogP contribution in [0.15, 0.2) is 18.2 Å². The van der Waals surface area contributed by atoms with E-state index in [1.54, 1.807) is 0 Å². The molecule has 1 aliphatic rings. The zero-order valence-corrected chi connectivity index (χ0v) is 8.57. The summed E-state index contributed by atoms with van der Waals surface area (Å²) in [7, 11) is 0. The molecule has 86 valence electrons. The fraction of sp³-hybridized carbons (Fsp3) is 0.364. The van der Waals surface area contributed by atoms with Crippen LogP contribution in [0.2, 0.25) is 0 Å². The van der Waals surface area contributed by atoms with Crippen molar-refractivity contribution in [2.75, 3.05) is 18.5 Å². The van der Waals surface area contributed by atoms with Crippen molar-refractivity contribution in [2.24, 2.45) is 5.92 Å². The largest absolute Gasteiger partial charge is 0.508 e. The topological polar surface area (TPSA) is 58.6 Å². The van der Waals surface area contributed by atoms with E-state index in [2.05, 4.69) is 5.32 Å². The fourth-order valence-electron chi connectivity index (χ4n) is 1.58. The summed E-state index contributed by atoms with van der Waals surface area (Å²) in [6.45, 7) is 0.946. The van der Waals surface area contributed by atoms with Gasteiger partial charge in [-0.05, 0) is 18.6 Å². The van der Waals surface area contributed by atoms with Crippen LogP contribution in [0.25, 0.3) is 0 Å². The number of carbonyl (C=O) groups excluding carboxylic acids is 1. The lowest BCUT2D eigenvalue weighted by atomic mass is 10.1. The van der Waals surface area contributed by atoms with Gasteiger partial charge in [0.1, 0.15) is 11.6 Å². The third kappa shape index (κ3) is 2.30. The van der Waals surface area contributed by atoms with Gasteiger partial charge in [0.25, 0.3) is 0 Å². The highest BCUT2D eigenvalue weighted by molar-refractivity contribution is 5.92. The summed E-state index contributed by atoms with van der Waals surface area (Å²) in [6.07, 6.45) is 0.658. The number of anilines is 1. The van der Waals surface area contributed by atoms with Crippen LogP contribution in [-0.2, 0) is 9.53 Å². The van der Waals surface area contributed by atoms with Gasteiger partial charge in [-0.2, -0.15) is 0 Å². The Balaban J connectivity index is 2.05. The van der Waals surface area contributed by atoms with Crippen LogP contribution in [-0.4, -0.2) is 24.2 Å². The van der Waals surface area contributed by atoms with Crippen LogP contribution in [0, 0.1) is 11.7 Å². The number of phenols is 1. The van der Waals surface area contributed by atoms with Gasteiger partial charge >= 0.3 is 0 Å². The normalized spacial score (nSPS) is 19.7. The Morgan fingerprint density at radius 1 is 1.56 bits per heavy atom. The monoisotopic (exact) mass is 225 g/mol. The van der Waals surface area contributed by atoms with Crippen molar-refractivity contribution < 1.29 is 19.0 Å². The molecule has 1 heterocycles. The maximum atomic E-state index is 13.3. The highest BCUT2D eigenvalue weighted by Gasteiger charge is 2.24. The first-order valence-electron chi connectivity index (χ1n) is 5.04. The molecule has 1 amide bonds. The van der Waals surface area contributed by atoms with Crippen LogP contribution in [0.1, 0.15) is 6.42 Å². The molecule has 1 saturated heterocycles. The second-order valence-electron chi connectivity index (χ2n) is 3.71. The lowest BCUT2D eigenvalue weighted by Crippen LogP contribution is -2.23. The molecule has 0 spiro atoms. The Bertz CT molecular complexity index is 402. The van der Waals surface area contributed by atoms with E-state index in [0.717, 1.165) is 6.07 Å². The molecule has 1 atom stereocenters. The Kier molecular flexibility index (Phi) is 3.05. The van der Waals surface area contributed by atoms with E-state index in [0.29, 0.717) is 19.6 Å². The number of phenolic OH excluding ortho intramolecular Hbond substituents is 1. The van der Waals surface area contributed by atoms with Crippen LogP contribution in [0.4, 0.5) is 10.1 Å². The van der Waals surface area contributed by atoms with Crippen LogP contribution < -0.4 is 5.32 Å². The second-order valence-corrected chi connectivity index (χ2v) is 3.71. The maximum Gasteiger partial charge on any atom is 0.229 e. The summed E-state index contributed by atoms with van der Waals surface area (Å²) in [5, 5.41) is 11.5. The first-order valence-corrected chi connectivity index (χ1v) is 5.04. The lowest BCUT2D eigenvalue weighted by molar-refractivity contribution is -0.119. The van der Waals surface area contributed by atoms with Crippen molar-refractivity contribution in [1.82, 2.24) is 0 Å². The van der Waals surface area contributed by atoms with Gasteiger partial charge in [-0.3, -0.25) is 4.79 Å². The number of aromatic hydroxyl groups is 1. The number of ether oxygens (including phenoxy) is 1. The summed E-state index contributed by atoms with van der Waals surface area (Å²) in [6, 6.07) is 3.61. The molecule has 0 bridgehead atoms. The summed E-state index contributed by atoms with van der Waals surface area (Å²) >= 11 is 0.